The summed E-state index contributed by atoms with van der Waals surface area (Å²) < 4.78 is 27.3. The Labute approximate surface area is 371 Å². The zero-order valence-corrected chi connectivity index (χ0v) is 37.8. The monoisotopic (exact) mass is 824 g/mol. The molecule has 6 aromatic carbocycles. The Morgan fingerprint density at radius 1 is 0.371 bits per heavy atom. The third-order valence-corrected chi connectivity index (χ3v) is 11.4. The minimum atomic E-state index is 0.631. The van der Waals surface area contributed by atoms with E-state index in [9.17, 15) is 0 Å². The summed E-state index contributed by atoms with van der Waals surface area (Å²) in [7, 11) is 0. The molecular weight excluding hydrogens is 761 g/mol. The van der Waals surface area contributed by atoms with Gasteiger partial charge >= 0.3 is 0 Å². The molecule has 6 aromatic rings. The van der Waals surface area contributed by atoms with Crippen LogP contribution in [0.2, 0.25) is 0 Å². The van der Waals surface area contributed by atoms with Gasteiger partial charge in [-0.1, -0.05) is 137 Å². The highest BCUT2D eigenvalue weighted by atomic mass is 16.5. The van der Waals surface area contributed by atoms with Crippen LogP contribution in [-0.2, 0) is 25.7 Å². The van der Waals surface area contributed by atoms with Crippen molar-refractivity contribution < 1.29 is 18.9 Å². The molecule has 0 fully saturated rings. The molecule has 62 heavy (non-hydrogen) atoms. The zero-order valence-electron chi connectivity index (χ0n) is 37.8. The first kappa shape index (κ1) is 44.1. The second-order valence-electron chi connectivity index (χ2n) is 16.6. The fourth-order valence-electron chi connectivity index (χ4n) is 8.54. The summed E-state index contributed by atoms with van der Waals surface area (Å²) in [5.41, 5.74) is 16.4. The quantitative estimate of drug-likeness (QED) is 0.0910. The molecule has 7 rings (SSSR count). The number of fused-ring (bicyclic) bond motifs is 8. The van der Waals surface area contributed by atoms with Gasteiger partial charge < -0.3 is 18.9 Å². The lowest BCUT2D eigenvalue weighted by Crippen LogP contribution is -2.10. The van der Waals surface area contributed by atoms with Crippen molar-refractivity contribution in [2.45, 2.75) is 92.9 Å². The van der Waals surface area contributed by atoms with Crippen LogP contribution in [0.3, 0.4) is 0 Å². The lowest BCUT2D eigenvalue weighted by atomic mass is 9.89. The highest BCUT2D eigenvalue weighted by molar-refractivity contribution is 5.82. The Kier molecular flexibility index (Phi) is 15.4. The van der Waals surface area contributed by atoms with Crippen LogP contribution in [0.15, 0.2) is 121 Å². The summed E-state index contributed by atoms with van der Waals surface area (Å²) in [6, 6.07) is 44.0. The van der Waals surface area contributed by atoms with Crippen molar-refractivity contribution in [2.75, 3.05) is 26.4 Å². The van der Waals surface area contributed by atoms with Gasteiger partial charge in [0.05, 0.1) is 26.4 Å². The number of rotatable bonds is 16. The van der Waals surface area contributed by atoms with Crippen LogP contribution >= 0.6 is 0 Å². The van der Waals surface area contributed by atoms with Gasteiger partial charge in [0.2, 0.25) is 0 Å². The summed E-state index contributed by atoms with van der Waals surface area (Å²) >= 11 is 0. The molecular formula is C58H64O4. The van der Waals surface area contributed by atoms with E-state index < -0.39 is 0 Å². The van der Waals surface area contributed by atoms with Crippen molar-refractivity contribution in [3.05, 3.63) is 188 Å². The maximum absolute atomic E-state index is 6.83. The maximum atomic E-state index is 6.83. The summed E-state index contributed by atoms with van der Waals surface area (Å²) in [4.78, 5) is 0. The molecule has 0 heterocycles. The van der Waals surface area contributed by atoms with Gasteiger partial charge in [0.15, 0.2) is 0 Å². The van der Waals surface area contributed by atoms with Gasteiger partial charge in [-0.15, -0.1) is 0 Å². The van der Waals surface area contributed by atoms with E-state index in [2.05, 4.69) is 175 Å². The van der Waals surface area contributed by atoms with E-state index in [1.54, 1.807) is 0 Å². The van der Waals surface area contributed by atoms with Crippen molar-refractivity contribution in [2.24, 2.45) is 0 Å². The van der Waals surface area contributed by atoms with Gasteiger partial charge in [-0.25, -0.2) is 0 Å². The fourth-order valence-corrected chi connectivity index (χ4v) is 8.54. The lowest BCUT2D eigenvalue weighted by Gasteiger charge is -2.23. The van der Waals surface area contributed by atoms with Crippen LogP contribution in [0, 0.1) is 0 Å². The SMILES string of the molecule is CCCOc1c2cccc1Cc1cc(/C=C(\C)c3ccccc3)cc(c1OCCC)Cc1cccc(c1OCCC)Cc1cc(/C=C(\C)c3ccccc3)cc(c1OCCC)C2. The van der Waals surface area contributed by atoms with E-state index in [4.69, 9.17) is 18.9 Å². The minimum absolute atomic E-state index is 0.631. The third kappa shape index (κ3) is 10.9. The predicted molar refractivity (Wildman–Crippen MR) is 260 cm³/mol. The molecule has 320 valence electrons. The Balaban J connectivity index is 1.50. The Morgan fingerprint density at radius 3 is 0.919 bits per heavy atom. The molecule has 0 atom stereocenters. The van der Waals surface area contributed by atoms with E-state index in [0.29, 0.717) is 52.1 Å². The van der Waals surface area contributed by atoms with E-state index in [0.717, 1.165) is 104 Å². The zero-order chi connectivity index (χ0) is 43.3. The Hall–Kier alpha value is -6.00. The topological polar surface area (TPSA) is 36.9 Å². The van der Waals surface area contributed by atoms with Crippen molar-refractivity contribution in [3.63, 3.8) is 0 Å². The average molecular weight is 825 g/mol. The lowest BCUT2D eigenvalue weighted by molar-refractivity contribution is 0.304. The smallest absolute Gasteiger partial charge is 0.126 e. The van der Waals surface area contributed by atoms with Gasteiger partial charge in [-0.2, -0.15) is 0 Å². The van der Waals surface area contributed by atoms with E-state index in [1.807, 2.05) is 0 Å². The Bertz CT molecular complexity index is 2210. The molecule has 0 radical (unpaired) electrons. The second kappa shape index (κ2) is 21.7. The number of benzene rings is 6. The summed E-state index contributed by atoms with van der Waals surface area (Å²) in [5.74, 6) is 3.82. The number of ether oxygens (including phenoxy) is 4. The largest absolute Gasteiger partial charge is 0.493 e. The first-order valence-electron chi connectivity index (χ1n) is 22.9. The fraction of sp³-hybridized carbons (Fsp3) is 0.310. The van der Waals surface area contributed by atoms with Crippen LogP contribution in [0.5, 0.6) is 23.0 Å². The molecule has 1 aliphatic rings. The molecule has 0 unspecified atom stereocenters. The van der Waals surface area contributed by atoms with Crippen LogP contribution in [0.1, 0.15) is 134 Å². The normalized spacial score (nSPS) is 12.8. The molecule has 8 bridgehead atoms. The Morgan fingerprint density at radius 2 is 0.645 bits per heavy atom. The average Bonchev–Trinajstić information content (AvgIpc) is 3.28. The van der Waals surface area contributed by atoms with E-state index in [1.165, 1.54) is 22.3 Å². The van der Waals surface area contributed by atoms with Crippen molar-refractivity contribution >= 4 is 23.3 Å². The van der Waals surface area contributed by atoms with Crippen molar-refractivity contribution in [1.82, 2.24) is 0 Å². The number of allylic oxidation sites excluding steroid dienone is 2. The van der Waals surface area contributed by atoms with Gasteiger partial charge in [-0.3, -0.25) is 0 Å². The molecule has 0 saturated carbocycles. The maximum Gasteiger partial charge on any atom is 0.126 e. The van der Waals surface area contributed by atoms with E-state index >= 15 is 0 Å². The van der Waals surface area contributed by atoms with Crippen molar-refractivity contribution in [3.8, 4) is 23.0 Å². The highest BCUT2D eigenvalue weighted by Crippen LogP contribution is 2.41. The number of para-hydroxylation sites is 2. The number of hydrogen-bond donors (Lipinski definition) is 0. The first-order chi connectivity index (χ1) is 30.4. The first-order valence-corrected chi connectivity index (χ1v) is 22.9. The third-order valence-electron chi connectivity index (χ3n) is 11.4. The molecule has 1 aliphatic carbocycles. The van der Waals surface area contributed by atoms with Gasteiger partial charge in [0.1, 0.15) is 23.0 Å². The minimum Gasteiger partial charge on any atom is -0.493 e. The van der Waals surface area contributed by atoms with Gasteiger partial charge in [-0.05, 0) is 142 Å². The molecule has 0 aromatic heterocycles. The summed E-state index contributed by atoms with van der Waals surface area (Å²) in [5, 5.41) is 0. The number of hydrogen-bond acceptors (Lipinski definition) is 4. The molecule has 0 amide bonds. The van der Waals surface area contributed by atoms with Crippen LogP contribution < -0.4 is 18.9 Å². The highest BCUT2D eigenvalue weighted by Gasteiger charge is 2.23. The molecule has 0 spiro atoms. The molecule has 0 saturated heterocycles. The van der Waals surface area contributed by atoms with Crippen LogP contribution in [0.25, 0.3) is 23.3 Å². The standard InChI is InChI=1S/C58H64O4/c1-7-27-59-55-47-23-17-24-48(55)38-52-34-44(32-42(6)46-21-15-12-16-22-46)36-54(58(52)62-30-10-4)40-50-26-18-25-49(56(50)60-28-8-2)39-53-35-43(31-41(5)45-19-13-11-14-20-45)33-51(37-47)57(53)61-29-9-3/h11-26,31-36H,7-10,27-30,37-40H2,1-6H3/b41-31+,42-32+. The van der Waals surface area contributed by atoms with Gasteiger partial charge in [0, 0.05) is 25.7 Å². The molecule has 0 aliphatic heterocycles. The molecule has 4 nitrogen and oxygen atoms in total. The predicted octanol–water partition coefficient (Wildman–Crippen LogP) is 14.6. The van der Waals surface area contributed by atoms with Crippen molar-refractivity contribution in [1.29, 1.82) is 0 Å². The second-order valence-corrected chi connectivity index (χ2v) is 16.6. The van der Waals surface area contributed by atoms with Crippen LogP contribution in [-0.4, -0.2) is 26.4 Å². The summed E-state index contributed by atoms with van der Waals surface area (Å²) in [6.07, 6.45) is 10.9. The molecule has 0 N–H and O–H groups in total. The van der Waals surface area contributed by atoms with E-state index in [-0.39, 0.29) is 0 Å². The van der Waals surface area contributed by atoms with Crippen LogP contribution in [0.4, 0.5) is 0 Å². The van der Waals surface area contributed by atoms with Gasteiger partial charge in [0.25, 0.3) is 0 Å². The summed E-state index contributed by atoms with van der Waals surface area (Å²) in [6.45, 7) is 15.6. The molecule has 4 heteroatoms.